The molecule has 0 saturated heterocycles. The van der Waals surface area contributed by atoms with Crippen LogP contribution < -0.4 is 0 Å². The molecule has 154 valence electrons. The lowest BCUT2D eigenvalue weighted by atomic mass is 10.1. The van der Waals surface area contributed by atoms with Crippen LogP contribution in [-0.4, -0.2) is 31.0 Å². The lowest BCUT2D eigenvalue weighted by molar-refractivity contribution is -0.384. The number of nitro benzene ring substituents is 1. The molecule has 3 heterocycles. The lowest BCUT2D eigenvalue weighted by Gasteiger charge is -2.10. The largest absolute Gasteiger partial charge is 0.298 e. The highest BCUT2D eigenvalue weighted by Gasteiger charge is 2.18. The van der Waals surface area contributed by atoms with Crippen molar-refractivity contribution >= 4 is 23.0 Å². The molecular formula is C24H15N5O3. The van der Waals surface area contributed by atoms with Crippen LogP contribution in [0.15, 0.2) is 85.2 Å². The van der Waals surface area contributed by atoms with Gasteiger partial charge in [-0.1, -0.05) is 42.5 Å². The third-order valence-corrected chi connectivity index (χ3v) is 5.07. The van der Waals surface area contributed by atoms with Gasteiger partial charge < -0.3 is 0 Å². The van der Waals surface area contributed by atoms with E-state index in [9.17, 15) is 14.9 Å². The number of aldehydes is 1. The quantitative estimate of drug-likeness (QED) is 0.228. The molecule has 0 atom stereocenters. The second-order valence-electron chi connectivity index (χ2n) is 7.08. The third-order valence-electron chi connectivity index (χ3n) is 5.07. The van der Waals surface area contributed by atoms with Crippen LogP contribution in [0.25, 0.3) is 39.2 Å². The summed E-state index contributed by atoms with van der Waals surface area (Å²) in [7, 11) is 0. The zero-order valence-corrected chi connectivity index (χ0v) is 16.6. The van der Waals surface area contributed by atoms with E-state index in [2.05, 4.69) is 10.1 Å². The number of hydrogen-bond donors (Lipinski definition) is 0. The minimum absolute atomic E-state index is 0.0769. The molecule has 0 bridgehead atoms. The zero-order chi connectivity index (χ0) is 22.1. The van der Waals surface area contributed by atoms with Crippen LogP contribution in [0, 0.1) is 10.1 Å². The van der Waals surface area contributed by atoms with E-state index in [4.69, 9.17) is 4.98 Å². The topological polar surface area (TPSA) is 104 Å². The Labute approximate surface area is 182 Å². The Kier molecular flexibility index (Phi) is 4.72. The summed E-state index contributed by atoms with van der Waals surface area (Å²) in [4.78, 5) is 31.6. The molecule has 5 rings (SSSR count). The molecule has 32 heavy (non-hydrogen) atoms. The minimum Gasteiger partial charge on any atom is -0.298 e. The van der Waals surface area contributed by atoms with E-state index in [1.807, 2.05) is 48.5 Å². The van der Waals surface area contributed by atoms with Crippen LogP contribution in [0.5, 0.6) is 0 Å². The Bertz CT molecular complexity index is 1480. The molecule has 3 aromatic heterocycles. The number of non-ortho nitro benzene ring substituents is 1. The van der Waals surface area contributed by atoms with Crippen molar-refractivity contribution in [2.75, 3.05) is 0 Å². The summed E-state index contributed by atoms with van der Waals surface area (Å²) in [6, 6.07) is 21.5. The standard InChI is InChI=1S/C24H15N5O3/c30-15-19-14-28(27-22(19)17-8-4-10-20(12-17)29(31)32)24-21(16-6-2-1-3-7-16)13-18-9-5-11-25-23(18)26-24/h1-15H. The summed E-state index contributed by atoms with van der Waals surface area (Å²) >= 11 is 0. The Morgan fingerprint density at radius 3 is 2.53 bits per heavy atom. The Morgan fingerprint density at radius 1 is 0.938 bits per heavy atom. The molecular weight excluding hydrogens is 406 g/mol. The lowest BCUT2D eigenvalue weighted by Crippen LogP contribution is -2.03. The molecule has 0 aliphatic heterocycles. The van der Waals surface area contributed by atoms with Gasteiger partial charge in [-0.05, 0) is 23.8 Å². The molecule has 0 saturated carbocycles. The van der Waals surface area contributed by atoms with Crippen molar-refractivity contribution < 1.29 is 9.72 Å². The fraction of sp³-hybridized carbons (Fsp3) is 0. The average molecular weight is 421 g/mol. The maximum absolute atomic E-state index is 11.8. The Morgan fingerprint density at radius 2 is 1.75 bits per heavy atom. The molecule has 2 aromatic carbocycles. The van der Waals surface area contributed by atoms with Crippen molar-refractivity contribution in [1.82, 2.24) is 19.7 Å². The van der Waals surface area contributed by atoms with E-state index >= 15 is 0 Å². The maximum atomic E-state index is 11.8. The number of fused-ring (bicyclic) bond motifs is 1. The molecule has 8 nitrogen and oxygen atoms in total. The van der Waals surface area contributed by atoms with E-state index < -0.39 is 4.92 Å². The summed E-state index contributed by atoms with van der Waals surface area (Å²) in [5.41, 5.74) is 3.32. The highest BCUT2D eigenvalue weighted by molar-refractivity contribution is 5.88. The molecule has 0 spiro atoms. The molecule has 0 fully saturated rings. The first-order valence-corrected chi connectivity index (χ1v) is 9.75. The van der Waals surface area contributed by atoms with Gasteiger partial charge in [0.1, 0.15) is 5.69 Å². The Hall–Kier alpha value is -4.72. The van der Waals surface area contributed by atoms with Crippen molar-refractivity contribution in [2.45, 2.75) is 0 Å². The zero-order valence-electron chi connectivity index (χ0n) is 16.6. The first kappa shape index (κ1) is 19.3. The number of pyridine rings is 2. The summed E-state index contributed by atoms with van der Waals surface area (Å²) in [5.74, 6) is 0.502. The number of aromatic nitrogens is 4. The van der Waals surface area contributed by atoms with Crippen molar-refractivity contribution in [3.05, 3.63) is 101 Å². The SMILES string of the molecule is O=Cc1cn(-c2nc3ncccc3cc2-c2ccccc2)nc1-c1cccc([N+](=O)[O-])c1. The van der Waals surface area contributed by atoms with Gasteiger partial charge in [-0.3, -0.25) is 14.9 Å². The second kappa shape index (κ2) is 7.84. The van der Waals surface area contributed by atoms with Gasteiger partial charge >= 0.3 is 0 Å². The van der Waals surface area contributed by atoms with Gasteiger partial charge in [0.15, 0.2) is 17.8 Å². The number of benzene rings is 2. The minimum atomic E-state index is -0.481. The van der Waals surface area contributed by atoms with Crippen molar-refractivity contribution in [3.63, 3.8) is 0 Å². The fourth-order valence-corrected chi connectivity index (χ4v) is 3.57. The number of nitro groups is 1. The van der Waals surface area contributed by atoms with E-state index in [1.54, 1.807) is 24.5 Å². The second-order valence-corrected chi connectivity index (χ2v) is 7.08. The Balaban J connectivity index is 1.73. The molecule has 0 N–H and O–H groups in total. The predicted octanol–water partition coefficient (Wildman–Crippen LogP) is 4.87. The van der Waals surface area contributed by atoms with Crippen molar-refractivity contribution in [2.24, 2.45) is 0 Å². The number of nitrogens with zero attached hydrogens (tertiary/aromatic N) is 5. The molecule has 0 amide bonds. The average Bonchev–Trinajstić information content (AvgIpc) is 3.28. The highest BCUT2D eigenvalue weighted by atomic mass is 16.6. The summed E-state index contributed by atoms with van der Waals surface area (Å²) in [6.45, 7) is 0. The van der Waals surface area contributed by atoms with Crippen LogP contribution in [0.1, 0.15) is 10.4 Å². The summed E-state index contributed by atoms with van der Waals surface area (Å²) in [6.07, 6.45) is 3.92. The summed E-state index contributed by atoms with van der Waals surface area (Å²) in [5, 5.41) is 16.6. The van der Waals surface area contributed by atoms with Gasteiger partial charge in [-0.2, -0.15) is 5.10 Å². The number of hydrogen-bond acceptors (Lipinski definition) is 6. The molecule has 0 aliphatic carbocycles. The van der Waals surface area contributed by atoms with Gasteiger partial charge in [0.25, 0.3) is 5.69 Å². The van der Waals surface area contributed by atoms with Gasteiger partial charge in [0, 0.05) is 41.0 Å². The molecule has 8 heteroatoms. The third kappa shape index (κ3) is 3.39. The van der Waals surface area contributed by atoms with Crippen LogP contribution in [-0.2, 0) is 0 Å². The van der Waals surface area contributed by atoms with Crippen LogP contribution >= 0.6 is 0 Å². The molecule has 0 radical (unpaired) electrons. The number of rotatable bonds is 5. The van der Waals surface area contributed by atoms with E-state index in [0.29, 0.717) is 34.6 Å². The van der Waals surface area contributed by atoms with Gasteiger partial charge in [-0.25, -0.2) is 14.6 Å². The first-order chi connectivity index (χ1) is 15.6. The van der Waals surface area contributed by atoms with Gasteiger partial charge in [0.2, 0.25) is 0 Å². The highest BCUT2D eigenvalue weighted by Crippen LogP contribution is 2.31. The van der Waals surface area contributed by atoms with Crippen molar-refractivity contribution in [1.29, 1.82) is 0 Å². The molecule has 0 aliphatic rings. The van der Waals surface area contributed by atoms with E-state index in [-0.39, 0.29) is 5.69 Å². The monoisotopic (exact) mass is 421 g/mol. The van der Waals surface area contributed by atoms with E-state index in [1.165, 1.54) is 16.8 Å². The fourth-order valence-electron chi connectivity index (χ4n) is 3.57. The number of carbonyl (C=O) groups is 1. The van der Waals surface area contributed by atoms with Crippen molar-refractivity contribution in [3.8, 4) is 28.2 Å². The first-order valence-electron chi connectivity index (χ1n) is 9.75. The molecule has 5 aromatic rings. The smallest absolute Gasteiger partial charge is 0.270 e. The maximum Gasteiger partial charge on any atom is 0.270 e. The van der Waals surface area contributed by atoms with Crippen LogP contribution in [0.4, 0.5) is 5.69 Å². The predicted molar refractivity (Wildman–Crippen MR) is 120 cm³/mol. The van der Waals surface area contributed by atoms with E-state index in [0.717, 1.165) is 16.5 Å². The summed E-state index contributed by atoms with van der Waals surface area (Å²) < 4.78 is 1.52. The normalized spacial score (nSPS) is 10.9. The van der Waals surface area contributed by atoms with Crippen LogP contribution in [0.2, 0.25) is 0 Å². The number of carbonyl (C=O) groups excluding carboxylic acids is 1. The molecule has 0 unspecified atom stereocenters. The van der Waals surface area contributed by atoms with Crippen LogP contribution in [0.3, 0.4) is 0 Å². The van der Waals surface area contributed by atoms with Gasteiger partial charge in [-0.15, -0.1) is 0 Å². The van der Waals surface area contributed by atoms with Gasteiger partial charge in [0.05, 0.1) is 10.5 Å².